The summed E-state index contributed by atoms with van der Waals surface area (Å²) in [6.07, 6.45) is -2.59. The minimum atomic E-state index is -5.28. The second-order valence-corrected chi connectivity index (χ2v) is 23.7. The van der Waals surface area contributed by atoms with Crippen LogP contribution in [-0.4, -0.2) is 115 Å². The van der Waals surface area contributed by atoms with Crippen LogP contribution in [0.4, 0.5) is 87.7 Å². The fourth-order valence-electron chi connectivity index (χ4n) is 6.84. The van der Waals surface area contributed by atoms with Crippen LogP contribution in [0.3, 0.4) is 0 Å². The summed E-state index contributed by atoms with van der Waals surface area (Å²) in [5, 5.41) is 30.2. The topological polar surface area (TPSA) is 537 Å². The molecule has 0 saturated heterocycles. The van der Waals surface area contributed by atoms with Crippen molar-refractivity contribution in [1.82, 2.24) is 29.9 Å². The van der Waals surface area contributed by atoms with Crippen molar-refractivity contribution < 1.29 is 78.7 Å². The normalized spacial score (nSPS) is 12.7. The molecule has 14 N–H and O–H groups in total. The molecular formula is C41H36F2N18O16S5. The highest BCUT2D eigenvalue weighted by atomic mass is 32.2. The Bertz CT molecular complexity index is 4450. The van der Waals surface area contributed by atoms with Gasteiger partial charge in [0.25, 0.3) is 40.5 Å². The van der Waals surface area contributed by atoms with E-state index >= 15 is 0 Å². The zero-order valence-electron chi connectivity index (χ0n) is 40.7. The van der Waals surface area contributed by atoms with Crippen molar-refractivity contribution in [2.24, 2.45) is 31.9 Å². The number of nitrogens with one attached hydrogen (secondary N) is 6. The Morgan fingerprint density at radius 3 is 1.51 bits per heavy atom. The number of benzene rings is 5. The van der Waals surface area contributed by atoms with Gasteiger partial charge in [-0.2, -0.15) is 72.4 Å². The number of amides is 4. The number of carbonyl (C=O) groups excluding carboxylic acids is 2. The molecule has 430 valence electrons. The number of anilines is 8. The maximum atomic E-state index is 14.8. The number of primary amides is 2. The molecule has 1 unspecified atom stereocenters. The number of nitrogens with zero attached hydrogens (tertiary/aromatic N) is 10. The Morgan fingerprint density at radius 1 is 0.561 bits per heavy atom. The summed E-state index contributed by atoms with van der Waals surface area (Å²) in [7, 11) is -24.9. The van der Waals surface area contributed by atoms with Crippen molar-refractivity contribution in [2.75, 3.05) is 38.4 Å². The number of carbonyl (C=O) groups is 2. The lowest BCUT2D eigenvalue weighted by atomic mass is 10.1. The van der Waals surface area contributed by atoms with E-state index in [2.05, 4.69) is 88.8 Å². The predicted octanol–water partition coefficient (Wildman–Crippen LogP) is 5.60. The standard InChI is InChI=1S/C41H36F2N18O16S5/c1-3-78(64,65)22-6-9-27(33(14-22)82(75,76)77)60-58-25-7-4-20(12-28(25)50-36(44)62)48-40-54-34(42)52-38(56-40)46-17-18(2)47-39-53-35(43)55-41(57-39)49-21-5-8-26(29(13-21)51-37(45)63)59-61-30-16-24-19(11-32(30)81(72,73)74)10-23(79(66,67)68)15-31(24)80(69,70)71/h3-16,18H,1,17H2,2H3,(H3,44,50,62)(H3,45,51,63)(H,66,67,68)(H,69,70,71)(H,72,73,74)(H,75,76,77)(H2,46,48,52,54,56)(H2,47,49,53,55,57). The molecule has 34 nitrogen and oxygen atoms in total. The summed E-state index contributed by atoms with van der Waals surface area (Å²) in [6.45, 7) is 4.58. The smallest absolute Gasteiger partial charge is 0.316 e. The van der Waals surface area contributed by atoms with Crippen LogP contribution in [0, 0.1) is 12.2 Å². The van der Waals surface area contributed by atoms with Crippen LogP contribution in [-0.2, 0) is 50.3 Å². The van der Waals surface area contributed by atoms with Gasteiger partial charge in [-0.15, -0.1) is 20.5 Å². The van der Waals surface area contributed by atoms with Crippen molar-refractivity contribution in [3.8, 4) is 0 Å². The Labute approximate surface area is 459 Å². The van der Waals surface area contributed by atoms with Gasteiger partial charge in [-0.05, 0) is 91.2 Å². The summed E-state index contributed by atoms with van der Waals surface area (Å²) in [4.78, 5) is 41.8. The third-order valence-electron chi connectivity index (χ3n) is 10.3. The predicted molar refractivity (Wildman–Crippen MR) is 282 cm³/mol. The number of hydrogen-bond donors (Lipinski definition) is 12. The van der Waals surface area contributed by atoms with Gasteiger partial charge in [-0.25, -0.2) is 18.0 Å². The lowest BCUT2D eigenvalue weighted by Gasteiger charge is -2.16. The van der Waals surface area contributed by atoms with Crippen molar-refractivity contribution in [3.05, 3.63) is 103 Å². The summed E-state index contributed by atoms with van der Waals surface area (Å²) in [5.74, 6) is -1.52. The number of nitrogens with two attached hydrogens (primary N) is 2. The van der Waals surface area contributed by atoms with Crippen molar-refractivity contribution in [2.45, 2.75) is 37.4 Å². The summed E-state index contributed by atoms with van der Waals surface area (Å²) < 4.78 is 190. The molecule has 41 heteroatoms. The molecule has 2 aromatic heterocycles. The molecule has 7 rings (SSSR count). The highest BCUT2D eigenvalue weighted by Gasteiger charge is 2.26. The lowest BCUT2D eigenvalue weighted by Crippen LogP contribution is -2.27. The monoisotopic (exact) mass is 1230 g/mol. The lowest BCUT2D eigenvalue weighted by molar-refractivity contribution is 0.258. The van der Waals surface area contributed by atoms with E-state index in [-0.39, 0.29) is 52.6 Å². The number of rotatable bonds is 21. The zero-order chi connectivity index (χ0) is 60.3. The van der Waals surface area contributed by atoms with E-state index in [1.807, 2.05) is 0 Å². The van der Waals surface area contributed by atoms with Gasteiger partial charge in [0.1, 0.15) is 37.4 Å². The van der Waals surface area contributed by atoms with Crippen LogP contribution in [0.2, 0.25) is 0 Å². The maximum Gasteiger partial charge on any atom is 0.316 e. The maximum absolute atomic E-state index is 14.8. The van der Waals surface area contributed by atoms with Crippen molar-refractivity contribution in [1.29, 1.82) is 0 Å². The van der Waals surface area contributed by atoms with Crippen LogP contribution in [0.1, 0.15) is 6.92 Å². The molecule has 0 aliphatic rings. The fraction of sp³-hybridized carbons (Fsp3) is 0.0732. The van der Waals surface area contributed by atoms with E-state index in [9.17, 15) is 78.7 Å². The van der Waals surface area contributed by atoms with E-state index in [0.29, 0.717) is 35.7 Å². The van der Waals surface area contributed by atoms with E-state index in [1.54, 1.807) is 6.92 Å². The van der Waals surface area contributed by atoms with E-state index in [4.69, 9.17) is 11.5 Å². The third kappa shape index (κ3) is 15.2. The molecular weight excluding hydrogens is 1200 g/mol. The Balaban J connectivity index is 1.05. The summed E-state index contributed by atoms with van der Waals surface area (Å²) >= 11 is 0. The number of halogens is 2. The first kappa shape index (κ1) is 60.2. The highest BCUT2D eigenvalue weighted by Crippen LogP contribution is 2.38. The van der Waals surface area contributed by atoms with Gasteiger partial charge in [-0.1, -0.05) is 6.58 Å². The molecule has 82 heavy (non-hydrogen) atoms. The van der Waals surface area contributed by atoms with Crippen LogP contribution in [0.25, 0.3) is 10.8 Å². The molecule has 7 aromatic rings. The number of fused-ring (bicyclic) bond motifs is 1. The Morgan fingerprint density at radius 2 is 1.01 bits per heavy atom. The van der Waals surface area contributed by atoms with Crippen molar-refractivity contribution in [3.63, 3.8) is 0 Å². The van der Waals surface area contributed by atoms with Gasteiger partial charge in [0.05, 0.1) is 21.2 Å². The van der Waals surface area contributed by atoms with Crippen molar-refractivity contribution >= 4 is 142 Å². The average molecular weight is 1240 g/mol. The van der Waals surface area contributed by atoms with E-state index < -0.39 is 139 Å². The van der Waals surface area contributed by atoms with Gasteiger partial charge in [0.2, 0.25) is 23.8 Å². The second kappa shape index (κ2) is 23.3. The van der Waals surface area contributed by atoms with E-state index in [0.717, 1.165) is 24.3 Å². The molecule has 0 saturated carbocycles. The first-order valence-corrected chi connectivity index (χ1v) is 29.1. The summed E-state index contributed by atoms with van der Waals surface area (Å²) in [5.41, 5.74) is 8.60. The van der Waals surface area contributed by atoms with Gasteiger partial charge in [0.15, 0.2) is 9.84 Å². The molecule has 2 heterocycles. The van der Waals surface area contributed by atoms with Gasteiger partial charge < -0.3 is 43.4 Å². The summed E-state index contributed by atoms with van der Waals surface area (Å²) in [6, 6.07) is 9.17. The molecule has 0 aliphatic carbocycles. The quantitative estimate of drug-likeness (QED) is 0.0307. The first-order valence-electron chi connectivity index (χ1n) is 21.8. The Kier molecular flexibility index (Phi) is 17.1. The molecule has 0 aliphatic heterocycles. The number of hydrogen-bond acceptors (Lipinski definition) is 26. The van der Waals surface area contributed by atoms with Crippen LogP contribution in [0.15, 0.2) is 136 Å². The molecule has 0 bridgehead atoms. The van der Waals surface area contributed by atoms with Crippen LogP contribution in [0.5, 0.6) is 0 Å². The van der Waals surface area contributed by atoms with E-state index in [1.165, 1.54) is 24.3 Å². The number of urea groups is 2. The first-order chi connectivity index (χ1) is 38.1. The highest BCUT2D eigenvalue weighted by molar-refractivity contribution is 7.94. The zero-order valence-corrected chi connectivity index (χ0v) is 44.8. The molecule has 0 fully saturated rings. The van der Waals surface area contributed by atoms with Crippen LogP contribution >= 0.6 is 0 Å². The van der Waals surface area contributed by atoms with Gasteiger partial charge in [-0.3, -0.25) is 18.2 Å². The number of sulfone groups is 1. The van der Waals surface area contributed by atoms with Gasteiger partial charge >= 0.3 is 24.2 Å². The minimum Gasteiger partial charge on any atom is -0.352 e. The minimum absolute atomic E-state index is 0.00897. The van der Waals surface area contributed by atoms with Crippen LogP contribution < -0.4 is 43.4 Å². The molecule has 0 radical (unpaired) electrons. The average Bonchev–Trinajstić information content (AvgIpc) is 3.48. The SMILES string of the molecule is C=CS(=O)(=O)c1ccc(N=Nc2ccc(Nc3nc(F)nc(NCC(C)Nc4nc(F)nc(Nc5ccc(N=Nc6cc7c(S(=O)(=O)O)cc(S(=O)(=O)O)cc7cc6S(=O)(=O)O)c(NC(N)=O)c5)n4)n3)cc2NC(N)=O)c(S(=O)(=O)O)c1. The third-order valence-corrected chi connectivity index (χ3v) is 15.1. The largest absolute Gasteiger partial charge is 0.352 e. The second-order valence-electron chi connectivity index (χ2n) is 16.2. The molecule has 4 amide bonds. The number of azo groups is 2. The number of aromatic nitrogens is 6. The molecule has 1 atom stereocenters. The molecule has 0 spiro atoms. The molecule has 5 aromatic carbocycles. The van der Waals surface area contributed by atoms with Gasteiger partial charge in [0, 0.05) is 34.8 Å². The fourth-order valence-corrected chi connectivity index (χ4v) is 10.3. The Hall–Kier alpha value is -9.49.